The Bertz CT molecular complexity index is 827. The van der Waals surface area contributed by atoms with E-state index in [0.29, 0.717) is 11.4 Å². The van der Waals surface area contributed by atoms with Crippen LogP contribution >= 0.6 is 0 Å². The second kappa shape index (κ2) is 6.02. The Balaban J connectivity index is 1.93. The van der Waals surface area contributed by atoms with E-state index < -0.39 is 0 Å². The summed E-state index contributed by atoms with van der Waals surface area (Å²) in [7, 11) is 0. The fourth-order valence-electron chi connectivity index (χ4n) is 1.90. The van der Waals surface area contributed by atoms with Gasteiger partial charge in [-0.15, -0.1) is 10.2 Å². The molecule has 0 bridgehead atoms. The standard InChI is InChI=1S/C17H10FN3O/c18-14-6-8-15(9-7-14)22-17-13(11-19)10-16(20-21-17)12-4-2-1-3-5-12/h1-10H. The molecule has 106 valence electrons. The average Bonchev–Trinajstić information content (AvgIpc) is 2.58. The quantitative estimate of drug-likeness (QED) is 0.733. The second-order valence-corrected chi connectivity index (χ2v) is 4.48. The summed E-state index contributed by atoms with van der Waals surface area (Å²) < 4.78 is 18.4. The lowest BCUT2D eigenvalue weighted by Gasteiger charge is -2.07. The van der Waals surface area contributed by atoms with Crippen LogP contribution in [0.3, 0.4) is 0 Å². The van der Waals surface area contributed by atoms with Crippen molar-refractivity contribution in [2.24, 2.45) is 0 Å². The van der Waals surface area contributed by atoms with E-state index in [9.17, 15) is 9.65 Å². The van der Waals surface area contributed by atoms with Crippen LogP contribution in [0.4, 0.5) is 4.39 Å². The summed E-state index contributed by atoms with van der Waals surface area (Å²) in [5.41, 5.74) is 1.71. The van der Waals surface area contributed by atoms with Crippen LogP contribution in [0.2, 0.25) is 0 Å². The van der Waals surface area contributed by atoms with Gasteiger partial charge in [0.15, 0.2) is 0 Å². The molecular weight excluding hydrogens is 281 g/mol. The zero-order valence-electron chi connectivity index (χ0n) is 11.4. The van der Waals surface area contributed by atoms with Crippen molar-refractivity contribution in [1.82, 2.24) is 10.2 Å². The van der Waals surface area contributed by atoms with Gasteiger partial charge in [-0.25, -0.2) is 4.39 Å². The van der Waals surface area contributed by atoms with E-state index in [4.69, 9.17) is 4.74 Å². The molecule has 0 radical (unpaired) electrons. The molecule has 2 aromatic carbocycles. The van der Waals surface area contributed by atoms with Crippen LogP contribution in [0, 0.1) is 17.1 Å². The summed E-state index contributed by atoms with van der Waals surface area (Å²) in [6.45, 7) is 0. The minimum absolute atomic E-state index is 0.0915. The van der Waals surface area contributed by atoms with Gasteiger partial charge in [0.25, 0.3) is 5.88 Å². The van der Waals surface area contributed by atoms with Gasteiger partial charge in [-0.05, 0) is 30.3 Å². The Morgan fingerprint density at radius 2 is 1.68 bits per heavy atom. The Hall–Kier alpha value is -3.26. The fraction of sp³-hybridized carbons (Fsp3) is 0. The number of hydrogen-bond acceptors (Lipinski definition) is 4. The number of hydrogen-bond donors (Lipinski definition) is 0. The van der Waals surface area contributed by atoms with Crippen molar-refractivity contribution in [2.45, 2.75) is 0 Å². The van der Waals surface area contributed by atoms with E-state index >= 15 is 0 Å². The number of halogens is 1. The highest BCUT2D eigenvalue weighted by atomic mass is 19.1. The molecule has 3 rings (SSSR count). The van der Waals surface area contributed by atoms with Gasteiger partial charge in [0.2, 0.25) is 0 Å². The van der Waals surface area contributed by atoms with Crippen molar-refractivity contribution in [3.05, 3.63) is 72.0 Å². The van der Waals surface area contributed by atoms with Crippen LogP contribution in [0.15, 0.2) is 60.7 Å². The van der Waals surface area contributed by atoms with Crippen molar-refractivity contribution in [3.8, 4) is 29.0 Å². The topological polar surface area (TPSA) is 58.8 Å². The molecule has 0 aliphatic carbocycles. The van der Waals surface area contributed by atoms with Gasteiger partial charge in [-0.3, -0.25) is 0 Å². The number of aromatic nitrogens is 2. The molecule has 0 saturated heterocycles. The van der Waals surface area contributed by atoms with Crippen molar-refractivity contribution in [2.75, 3.05) is 0 Å². The third-order valence-corrected chi connectivity index (χ3v) is 2.98. The number of benzene rings is 2. The third kappa shape index (κ3) is 2.91. The molecule has 0 saturated carbocycles. The van der Waals surface area contributed by atoms with Crippen molar-refractivity contribution in [3.63, 3.8) is 0 Å². The largest absolute Gasteiger partial charge is 0.437 e. The SMILES string of the molecule is N#Cc1cc(-c2ccccc2)nnc1Oc1ccc(F)cc1. The zero-order chi connectivity index (χ0) is 15.4. The minimum atomic E-state index is -0.363. The summed E-state index contributed by atoms with van der Waals surface area (Å²) in [6.07, 6.45) is 0. The van der Waals surface area contributed by atoms with Crippen molar-refractivity contribution in [1.29, 1.82) is 5.26 Å². The first kappa shape index (κ1) is 13.7. The number of nitrogens with zero attached hydrogens (tertiary/aromatic N) is 3. The molecule has 1 heterocycles. The third-order valence-electron chi connectivity index (χ3n) is 2.98. The summed E-state index contributed by atoms with van der Waals surface area (Å²) in [5, 5.41) is 17.3. The van der Waals surface area contributed by atoms with Gasteiger partial charge in [0, 0.05) is 5.56 Å². The fourth-order valence-corrected chi connectivity index (χ4v) is 1.90. The predicted octanol–water partition coefficient (Wildman–Crippen LogP) is 3.95. The summed E-state index contributed by atoms with van der Waals surface area (Å²) in [6, 6.07) is 18.5. The van der Waals surface area contributed by atoms with Gasteiger partial charge in [-0.2, -0.15) is 5.26 Å². The Labute approximate surface area is 126 Å². The molecule has 0 spiro atoms. The Kier molecular flexibility index (Phi) is 3.75. The van der Waals surface area contributed by atoms with Crippen LogP contribution in [0.1, 0.15) is 5.56 Å². The minimum Gasteiger partial charge on any atom is -0.437 e. The molecule has 4 nitrogen and oxygen atoms in total. The lowest BCUT2D eigenvalue weighted by atomic mass is 10.1. The maximum absolute atomic E-state index is 12.9. The number of rotatable bonds is 3. The van der Waals surface area contributed by atoms with E-state index in [1.54, 1.807) is 6.07 Å². The zero-order valence-corrected chi connectivity index (χ0v) is 11.4. The van der Waals surface area contributed by atoms with Crippen LogP contribution < -0.4 is 4.74 Å². The molecule has 0 atom stereocenters. The molecule has 0 amide bonds. The Morgan fingerprint density at radius 3 is 2.36 bits per heavy atom. The average molecular weight is 291 g/mol. The van der Waals surface area contributed by atoms with Crippen LogP contribution in [0.25, 0.3) is 11.3 Å². The molecule has 3 aromatic rings. The second-order valence-electron chi connectivity index (χ2n) is 4.48. The molecule has 0 aliphatic rings. The van der Waals surface area contributed by atoms with E-state index in [0.717, 1.165) is 5.56 Å². The highest BCUT2D eigenvalue weighted by Gasteiger charge is 2.10. The van der Waals surface area contributed by atoms with Gasteiger partial charge in [0.05, 0.1) is 5.69 Å². The predicted molar refractivity (Wildman–Crippen MR) is 78.7 cm³/mol. The van der Waals surface area contributed by atoms with Crippen LogP contribution in [-0.2, 0) is 0 Å². The lowest BCUT2D eigenvalue weighted by Crippen LogP contribution is -1.96. The monoisotopic (exact) mass is 291 g/mol. The first-order chi connectivity index (χ1) is 10.8. The number of nitriles is 1. The van der Waals surface area contributed by atoms with E-state index in [2.05, 4.69) is 10.2 Å². The summed E-state index contributed by atoms with van der Waals surface area (Å²) >= 11 is 0. The first-order valence-corrected chi connectivity index (χ1v) is 6.53. The number of ether oxygens (including phenoxy) is 1. The van der Waals surface area contributed by atoms with E-state index in [-0.39, 0.29) is 17.3 Å². The van der Waals surface area contributed by atoms with Gasteiger partial charge < -0.3 is 4.74 Å². The molecule has 0 unspecified atom stereocenters. The molecule has 5 heteroatoms. The van der Waals surface area contributed by atoms with Crippen LogP contribution in [-0.4, -0.2) is 10.2 Å². The molecule has 1 aromatic heterocycles. The van der Waals surface area contributed by atoms with E-state index in [1.807, 2.05) is 36.4 Å². The molecule has 0 fully saturated rings. The van der Waals surface area contributed by atoms with Crippen molar-refractivity contribution < 1.29 is 9.13 Å². The van der Waals surface area contributed by atoms with Gasteiger partial charge in [0.1, 0.15) is 23.2 Å². The first-order valence-electron chi connectivity index (χ1n) is 6.53. The Morgan fingerprint density at radius 1 is 0.955 bits per heavy atom. The van der Waals surface area contributed by atoms with E-state index in [1.165, 1.54) is 24.3 Å². The lowest BCUT2D eigenvalue weighted by molar-refractivity contribution is 0.452. The van der Waals surface area contributed by atoms with Crippen molar-refractivity contribution >= 4 is 0 Å². The molecule has 0 aliphatic heterocycles. The smallest absolute Gasteiger partial charge is 0.257 e. The molecular formula is C17H10FN3O. The summed E-state index contributed by atoms with van der Waals surface area (Å²) in [4.78, 5) is 0. The van der Waals surface area contributed by atoms with Gasteiger partial charge >= 0.3 is 0 Å². The highest BCUT2D eigenvalue weighted by molar-refractivity contribution is 5.61. The maximum atomic E-state index is 12.9. The highest BCUT2D eigenvalue weighted by Crippen LogP contribution is 2.25. The summed E-state index contributed by atoms with van der Waals surface area (Å²) in [5.74, 6) is 0.117. The van der Waals surface area contributed by atoms with Crippen LogP contribution in [0.5, 0.6) is 11.6 Å². The normalized spacial score (nSPS) is 10.0. The molecule has 22 heavy (non-hydrogen) atoms. The maximum Gasteiger partial charge on any atom is 0.257 e. The van der Waals surface area contributed by atoms with Gasteiger partial charge in [-0.1, -0.05) is 30.3 Å². The molecule has 0 N–H and O–H groups in total.